The number of nitrogens with two attached hydrogens (primary N) is 1. The molecule has 1 aliphatic carbocycles. The van der Waals surface area contributed by atoms with Gasteiger partial charge in [-0.25, -0.2) is 0 Å². The van der Waals surface area contributed by atoms with Crippen LogP contribution in [-0.4, -0.2) is 29.7 Å². The lowest BCUT2D eigenvalue weighted by molar-refractivity contribution is -0.122. The van der Waals surface area contributed by atoms with Crippen molar-refractivity contribution in [2.45, 2.75) is 50.5 Å². The predicted molar refractivity (Wildman–Crippen MR) is 59.3 cm³/mol. The number of carbonyl (C=O) groups excluding carboxylic acids is 1. The van der Waals surface area contributed by atoms with E-state index in [0.29, 0.717) is 19.4 Å². The van der Waals surface area contributed by atoms with Gasteiger partial charge in [0.05, 0.1) is 0 Å². The predicted octanol–water partition coefficient (Wildman–Crippen LogP) is 0.537. The summed E-state index contributed by atoms with van der Waals surface area (Å²) in [6.07, 6.45) is 6.48. The number of rotatable bonds is 5. The topological polar surface area (TPSA) is 75.4 Å². The summed E-state index contributed by atoms with van der Waals surface area (Å²) < 4.78 is 0. The van der Waals surface area contributed by atoms with Gasteiger partial charge in [0.25, 0.3) is 0 Å². The first-order valence-electron chi connectivity index (χ1n) is 5.83. The van der Waals surface area contributed by atoms with Crippen molar-refractivity contribution in [3.05, 3.63) is 0 Å². The molecule has 15 heavy (non-hydrogen) atoms. The lowest BCUT2D eigenvalue weighted by atomic mass is 9.80. The largest absolute Gasteiger partial charge is 0.396 e. The summed E-state index contributed by atoms with van der Waals surface area (Å²) in [4.78, 5) is 11.5. The number of amides is 1. The van der Waals surface area contributed by atoms with Crippen molar-refractivity contribution in [3.63, 3.8) is 0 Å². The first-order chi connectivity index (χ1) is 7.16. The van der Waals surface area contributed by atoms with Crippen molar-refractivity contribution in [1.29, 1.82) is 0 Å². The minimum absolute atomic E-state index is 0.0212. The minimum Gasteiger partial charge on any atom is -0.396 e. The highest BCUT2D eigenvalue weighted by Gasteiger charge is 2.29. The van der Waals surface area contributed by atoms with Crippen molar-refractivity contribution in [3.8, 4) is 0 Å². The van der Waals surface area contributed by atoms with Crippen molar-refractivity contribution in [1.82, 2.24) is 5.32 Å². The van der Waals surface area contributed by atoms with E-state index in [9.17, 15) is 4.79 Å². The van der Waals surface area contributed by atoms with Gasteiger partial charge in [-0.3, -0.25) is 4.79 Å². The van der Waals surface area contributed by atoms with Crippen LogP contribution in [0.3, 0.4) is 0 Å². The third-order valence-electron chi connectivity index (χ3n) is 3.02. The van der Waals surface area contributed by atoms with Crippen LogP contribution in [0.5, 0.6) is 0 Å². The molecule has 4 N–H and O–H groups in total. The third-order valence-corrected chi connectivity index (χ3v) is 3.02. The third kappa shape index (κ3) is 4.62. The second kappa shape index (κ2) is 6.08. The lowest BCUT2D eigenvalue weighted by Gasteiger charge is -2.32. The van der Waals surface area contributed by atoms with Gasteiger partial charge < -0.3 is 16.2 Å². The van der Waals surface area contributed by atoms with Gasteiger partial charge in [-0.05, 0) is 19.3 Å². The lowest BCUT2D eigenvalue weighted by Crippen LogP contribution is -2.46. The van der Waals surface area contributed by atoms with Crippen LogP contribution in [0.15, 0.2) is 0 Å². The minimum atomic E-state index is -0.276. The standard InChI is InChI=1S/C11H22N2O2/c12-11(5-2-1-3-6-11)9-10(15)13-7-4-8-14/h14H,1-9,12H2,(H,13,15). The van der Waals surface area contributed by atoms with E-state index in [0.717, 1.165) is 25.7 Å². The van der Waals surface area contributed by atoms with E-state index in [1.165, 1.54) is 6.42 Å². The summed E-state index contributed by atoms with van der Waals surface area (Å²) >= 11 is 0. The molecule has 88 valence electrons. The zero-order valence-corrected chi connectivity index (χ0v) is 9.30. The van der Waals surface area contributed by atoms with Gasteiger partial charge in [0.2, 0.25) is 5.91 Å². The smallest absolute Gasteiger partial charge is 0.221 e. The molecule has 0 aromatic heterocycles. The molecular formula is C11H22N2O2. The molecule has 1 fully saturated rings. The molecule has 0 atom stereocenters. The Morgan fingerprint density at radius 3 is 2.60 bits per heavy atom. The maximum Gasteiger partial charge on any atom is 0.221 e. The first kappa shape index (κ1) is 12.5. The molecule has 1 rings (SSSR count). The monoisotopic (exact) mass is 214 g/mol. The van der Waals surface area contributed by atoms with Crippen LogP contribution >= 0.6 is 0 Å². The zero-order valence-electron chi connectivity index (χ0n) is 9.30. The van der Waals surface area contributed by atoms with Crippen molar-refractivity contribution >= 4 is 5.91 Å². The molecule has 0 heterocycles. The summed E-state index contributed by atoms with van der Waals surface area (Å²) in [7, 11) is 0. The molecule has 0 bridgehead atoms. The van der Waals surface area contributed by atoms with Crippen LogP contribution < -0.4 is 11.1 Å². The Morgan fingerprint density at radius 1 is 1.33 bits per heavy atom. The van der Waals surface area contributed by atoms with Gasteiger partial charge in [-0.15, -0.1) is 0 Å². The molecule has 0 saturated heterocycles. The molecule has 0 unspecified atom stereocenters. The fourth-order valence-electron chi connectivity index (χ4n) is 2.12. The molecule has 0 spiro atoms. The molecule has 1 saturated carbocycles. The van der Waals surface area contributed by atoms with Crippen LogP contribution in [0.25, 0.3) is 0 Å². The molecule has 1 aliphatic rings. The average Bonchev–Trinajstić information content (AvgIpc) is 2.18. The van der Waals surface area contributed by atoms with Gasteiger partial charge >= 0.3 is 0 Å². The first-order valence-corrected chi connectivity index (χ1v) is 5.83. The van der Waals surface area contributed by atoms with Crippen LogP contribution in [-0.2, 0) is 4.79 Å². The van der Waals surface area contributed by atoms with E-state index in [-0.39, 0.29) is 18.1 Å². The van der Waals surface area contributed by atoms with E-state index >= 15 is 0 Å². The molecule has 0 aliphatic heterocycles. The van der Waals surface area contributed by atoms with Crippen LogP contribution in [0, 0.1) is 0 Å². The SMILES string of the molecule is NC1(CC(=O)NCCCO)CCCCC1. The maximum absolute atomic E-state index is 11.5. The number of aliphatic hydroxyl groups excluding tert-OH is 1. The fraction of sp³-hybridized carbons (Fsp3) is 0.909. The molecular weight excluding hydrogens is 192 g/mol. The van der Waals surface area contributed by atoms with E-state index in [1.54, 1.807) is 0 Å². The Hall–Kier alpha value is -0.610. The molecule has 0 aromatic rings. The molecule has 0 aromatic carbocycles. The van der Waals surface area contributed by atoms with Gasteiger partial charge in [0, 0.05) is 25.1 Å². The Balaban J connectivity index is 2.23. The van der Waals surface area contributed by atoms with Crippen molar-refractivity contribution < 1.29 is 9.90 Å². The second-order valence-electron chi connectivity index (χ2n) is 4.53. The highest BCUT2D eigenvalue weighted by Crippen LogP contribution is 2.28. The number of hydrogen-bond acceptors (Lipinski definition) is 3. The summed E-state index contributed by atoms with van der Waals surface area (Å²) in [6.45, 7) is 0.666. The molecule has 4 heteroatoms. The van der Waals surface area contributed by atoms with Crippen LogP contribution in [0.2, 0.25) is 0 Å². The maximum atomic E-state index is 11.5. The molecule has 0 radical (unpaired) electrons. The average molecular weight is 214 g/mol. The van der Waals surface area contributed by atoms with Crippen molar-refractivity contribution in [2.75, 3.05) is 13.2 Å². The van der Waals surface area contributed by atoms with Gasteiger partial charge in [0.1, 0.15) is 0 Å². The highest BCUT2D eigenvalue weighted by molar-refractivity contribution is 5.77. The van der Waals surface area contributed by atoms with E-state index < -0.39 is 0 Å². The van der Waals surface area contributed by atoms with Gasteiger partial charge in [0.15, 0.2) is 0 Å². The normalized spacial score (nSPS) is 19.9. The number of nitrogens with one attached hydrogen (secondary N) is 1. The van der Waals surface area contributed by atoms with E-state index in [4.69, 9.17) is 10.8 Å². The Labute approximate surface area is 91.2 Å². The Bertz CT molecular complexity index is 201. The summed E-state index contributed by atoms with van der Waals surface area (Å²) in [5, 5.41) is 11.4. The quantitative estimate of drug-likeness (QED) is 0.585. The van der Waals surface area contributed by atoms with Crippen molar-refractivity contribution in [2.24, 2.45) is 5.73 Å². The molecule has 4 nitrogen and oxygen atoms in total. The number of hydrogen-bond donors (Lipinski definition) is 3. The van der Waals surface area contributed by atoms with Gasteiger partial charge in [-0.1, -0.05) is 19.3 Å². The van der Waals surface area contributed by atoms with Crippen LogP contribution in [0.4, 0.5) is 0 Å². The van der Waals surface area contributed by atoms with E-state index in [1.807, 2.05) is 0 Å². The Morgan fingerprint density at radius 2 is 2.00 bits per heavy atom. The Kier molecular flexibility index (Phi) is 5.05. The van der Waals surface area contributed by atoms with Gasteiger partial charge in [-0.2, -0.15) is 0 Å². The molecule has 1 amide bonds. The highest BCUT2D eigenvalue weighted by atomic mass is 16.3. The zero-order chi connectivity index (χ0) is 11.1. The number of aliphatic hydroxyl groups is 1. The van der Waals surface area contributed by atoms with E-state index in [2.05, 4.69) is 5.32 Å². The summed E-state index contributed by atoms with van der Waals surface area (Å²) in [5.41, 5.74) is 5.88. The summed E-state index contributed by atoms with van der Waals surface area (Å²) in [5.74, 6) is 0.0212. The van der Waals surface area contributed by atoms with Crippen LogP contribution in [0.1, 0.15) is 44.9 Å². The second-order valence-corrected chi connectivity index (χ2v) is 4.53. The summed E-state index contributed by atoms with van der Waals surface area (Å²) in [6, 6.07) is 0. The number of carbonyl (C=O) groups is 1. The fourth-order valence-corrected chi connectivity index (χ4v) is 2.12.